The third-order valence-corrected chi connectivity index (χ3v) is 4.06. The Bertz CT molecular complexity index is 1070. The smallest absolute Gasteiger partial charge is 0.178 e. The van der Waals surface area contributed by atoms with E-state index in [0.29, 0.717) is 17.2 Å². The molecule has 0 radical (unpaired) electrons. The second-order valence-electron chi connectivity index (χ2n) is 5.75. The minimum absolute atomic E-state index is 0.399. The van der Waals surface area contributed by atoms with Crippen molar-refractivity contribution in [1.29, 1.82) is 0 Å². The molecule has 120 valence electrons. The maximum atomic E-state index is 10.6. The number of nitroso groups, excluding NO2 is 1. The van der Waals surface area contributed by atoms with Gasteiger partial charge in [0.25, 0.3) is 0 Å². The van der Waals surface area contributed by atoms with Crippen molar-refractivity contribution in [3.63, 3.8) is 0 Å². The highest BCUT2D eigenvalue weighted by molar-refractivity contribution is 5.79. The van der Waals surface area contributed by atoms with Crippen LogP contribution >= 0.6 is 0 Å². The number of hydrogen-bond donors (Lipinski definition) is 0. The quantitative estimate of drug-likeness (QED) is 0.493. The number of hydrogen-bond acceptors (Lipinski definition) is 5. The molecular formula is C20H14N4O. The van der Waals surface area contributed by atoms with E-state index in [-0.39, 0.29) is 0 Å². The summed E-state index contributed by atoms with van der Waals surface area (Å²) in [6.45, 7) is 2.00. The van der Waals surface area contributed by atoms with Gasteiger partial charge in [-0.05, 0) is 41.9 Å². The van der Waals surface area contributed by atoms with Crippen molar-refractivity contribution in [2.75, 3.05) is 0 Å². The first-order valence-corrected chi connectivity index (χ1v) is 7.88. The van der Waals surface area contributed by atoms with E-state index in [0.717, 1.165) is 27.7 Å². The second-order valence-corrected chi connectivity index (χ2v) is 5.75. The lowest BCUT2D eigenvalue weighted by atomic mass is 10.1. The summed E-state index contributed by atoms with van der Waals surface area (Å²) in [5.74, 6) is 0.589. The van der Waals surface area contributed by atoms with Crippen LogP contribution in [0.5, 0.6) is 0 Å². The molecule has 0 amide bonds. The Hall–Kier alpha value is -3.47. The fraction of sp³-hybridized carbons (Fsp3) is 0.0500. The second kappa shape index (κ2) is 6.20. The Morgan fingerprint density at radius 2 is 1.68 bits per heavy atom. The summed E-state index contributed by atoms with van der Waals surface area (Å²) in [6.07, 6.45) is 1.81. The maximum Gasteiger partial charge on any atom is 0.178 e. The van der Waals surface area contributed by atoms with E-state index in [2.05, 4.69) is 15.1 Å². The van der Waals surface area contributed by atoms with Crippen LogP contribution < -0.4 is 0 Å². The van der Waals surface area contributed by atoms with Gasteiger partial charge in [-0.25, -0.2) is 15.0 Å². The summed E-state index contributed by atoms with van der Waals surface area (Å²) in [4.78, 5) is 24.4. The van der Waals surface area contributed by atoms with Gasteiger partial charge < -0.3 is 0 Å². The standard InChI is InChI=1S/C20H14N4O/c1-13-6-11-18(20-21-12-15-4-2-3-5-17(15)23-20)22-19(13)14-7-9-16(24-25)10-8-14/h2-12H,1H3. The monoisotopic (exact) mass is 326 g/mol. The highest BCUT2D eigenvalue weighted by atomic mass is 16.3. The minimum Gasteiger partial charge on any atom is -0.244 e. The molecule has 5 heteroatoms. The Labute approximate surface area is 144 Å². The predicted molar refractivity (Wildman–Crippen MR) is 98.4 cm³/mol. The Morgan fingerprint density at radius 3 is 2.48 bits per heavy atom. The topological polar surface area (TPSA) is 68.1 Å². The summed E-state index contributed by atoms with van der Waals surface area (Å²) < 4.78 is 0. The summed E-state index contributed by atoms with van der Waals surface area (Å²) in [6, 6.07) is 18.8. The molecule has 4 aromatic rings. The lowest BCUT2D eigenvalue weighted by Gasteiger charge is -2.08. The zero-order chi connectivity index (χ0) is 17.2. The molecule has 2 aromatic heterocycles. The van der Waals surface area contributed by atoms with Crippen LogP contribution in [-0.2, 0) is 0 Å². The summed E-state index contributed by atoms with van der Waals surface area (Å²) in [5, 5.41) is 3.93. The molecule has 2 heterocycles. The lowest BCUT2D eigenvalue weighted by molar-refractivity contribution is 1.17. The molecule has 0 bridgehead atoms. The van der Waals surface area contributed by atoms with E-state index in [1.807, 2.05) is 61.7 Å². The predicted octanol–water partition coefficient (Wildman–Crippen LogP) is 5.07. The van der Waals surface area contributed by atoms with E-state index in [9.17, 15) is 4.91 Å². The van der Waals surface area contributed by atoms with E-state index < -0.39 is 0 Å². The van der Waals surface area contributed by atoms with Crippen LogP contribution in [0.15, 0.2) is 72.0 Å². The number of benzene rings is 2. The molecule has 5 nitrogen and oxygen atoms in total. The van der Waals surface area contributed by atoms with Gasteiger partial charge in [-0.3, -0.25) is 0 Å². The van der Waals surface area contributed by atoms with Crippen molar-refractivity contribution in [2.24, 2.45) is 5.18 Å². The minimum atomic E-state index is 0.399. The first kappa shape index (κ1) is 15.1. The van der Waals surface area contributed by atoms with Crippen molar-refractivity contribution >= 4 is 16.6 Å². The van der Waals surface area contributed by atoms with Crippen LogP contribution in [0.1, 0.15) is 5.56 Å². The van der Waals surface area contributed by atoms with Gasteiger partial charge in [0.05, 0.1) is 11.2 Å². The van der Waals surface area contributed by atoms with Gasteiger partial charge in [0.2, 0.25) is 0 Å². The Kier molecular flexibility index (Phi) is 3.74. The third-order valence-electron chi connectivity index (χ3n) is 4.06. The Balaban J connectivity index is 1.81. The SMILES string of the molecule is Cc1ccc(-c2ncc3ccccc3n2)nc1-c1ccc(N=O)cc1. The zero-order valence-corrected chi connectivity index (χ0v) is 13.5. The Morgan fingerprint density at radius 1 is 0.880 bits per heavy atom. The first-order chi connectivity index (χ1) is 12.2. The van der Waals surface area contributed by atoms with E-state index in [1.54, 1.807) is 12.1 Å². The molecule has 2 aromatic carbocycles. The molecule has 0 N–H and O–H groups in total. The van der Waals surface area contributed by atoms with Crippen molar-refractivity contribution < 1.29 is 0 Å². The molecule has 0 fully saturated rings. The third kappa shape index (κ3) is 2.87. The highest BCUT2D eigenvalue weighted by Gasteiger charge is 2.10. The van der Waals surface area contributed by atoms with Crippen LogP contribution in [0, 0.1) is 11.8 Å². The van der Waals surface area contributed by atoms with Crippen molar-refractivity contribution in [2.45, 2.75) is 6.92 Å². The summed E-state index contributed by atoms with van der Waals surface area (Å²) in [5.41, 5.74) is 4.80. The number of aromatic nitrogens is 3. The largest absolute Gasteiger partial charge is 0.244 e. The highest BCUT2D eigenvalue weighted by Crippen LogP contribution is 2.26. The van der Waals surface area contributed by atoms with Gasteiger partial charge in [-0.2, -0.15) is 0 Å². The van der Waals surface area contributed by atoms with Gasteiger partial charge in [0.15, 0.2) is 5.82 Å². The number of nitrogens with zero attached hydrogens (tertiary/aromatic N) is 4. The molecule has 0 atom stereocenters. The van der Waals surface area contributed by atoms with Gasteiger partial charge in [0, 0.05) is 17.1 Å². The van der Waals surface area contributed by atoms with Crippen LogP contribution in [0.4, 0.5) is 5.69 Å². The van der Waals surface area contributed by atoms with Gasteiger partial charge in [0.1, 0.15) is 11.4 Å². The van der Waals surface area contributed by atoms with Gasteiger partial charge >= 0.3 is 0 Å². The van der Waals surface area contributed by atoms with Gasteiger partial charge in [-0.1, -0.05) is 36.4 Å². The molecular weight excluding hydrogens is 312 g/mol. The molecule has 0 spiro atoms. The number of fused-ring (bicyclic) bond motifs is 1. The number of aryl methyl sites for hydroxylation is 1. The normalized spacial score (nSPS) is 10.8. The van der Waals surface area contributed by atoms with E-state index in [4.69, 9.17) is 4.98 Å². The van der Waals surface area contributed by atoms with Crippen LogP contribution in [-0.4, -0.2) is 15.0 Å². The summed E-state index contributed by atoms with van der Waals surface area (Å²) >= 11 is 0. The van der Waals surface area contributed by atoms with E-state index in [1.165, 1.54) is 0 Å². The summed E-state index contributed by atoms with van der Waals surface area (Å²) in [7, 11) is 0. The molecule has 0 aliphatic carbocycles. The molecule has 0 saturated carbocycles. The van der Waals surface area contributed by atoms with Crippen LogP contribution in [0.3, 0.4) is 0 Å². The van der Waals surface area contributed by atoms with Crippen LogP contribution in [0.2, 0.25) is 0 Å². The van der Waals surface area contributed by atoms with E-state index >= 15 is 0 Å². The van der Waals surface area contributed by atoms with Crippen molar-refractivity contribution in [1.82, 2.24) is 15.0 Å². The molecule has 0 saturated heterocycles. The molecule has 25 heavy (non-hydrogen) atoms. The molecule has 0 unspecified atom stereocenters. The van der Waals surface area contributed by atoms with Crippen molar-refractivity contribution in [3.05, 3.63) is 77.3 Å². The van der Waals surface area contributed by atoms with Crippen LogP contribution in [0.25, 0.3) is 33.7 Å². The fourth-order valence-corrected chi connectivity index (χ4v) is 2.72. The number of pyridine rings is 1. The molecule has 4 rings (SSSR count). The first-order valence-electron chi connectivity index (χ1n) is 7.88. The number of para-hydroxylation sites is 1. The van der Waals surface area contributed by atoms with Gasteiger partial charge in [-0.15, -0.1) is 4.91 Å². The fourth-order valence-electron chi connectivity index (χ4n) is 2.72. The average Bonchev–Trinajstić information content (AvgIpc) is 2.68. The number of rotatable bonds is 3. The molecule has 0 aliphatic heterocycles. The molecule has 0 aliphatic rings. The average molecular weight is 326 g/mol. The zero-order valence-electron chi connectivity index (χ0n) is 13.5. The maximum absolute atomic E-state index is 10.6. The van der Waals surface area contributed by atoms with Crippen molar-refractivity contribution in [3.8, 4) is 22.8 Å². The lowest BCUT2D eigenvalue weighted by Crippen LogP contribution is -1.96.